The van der Waals surface area contributed by atoms with E-state index in [0.717, 1.165) is 16.0 Å². The average Bonchev–Trinajstić information content (AvgIpc) is 3.38. The molecular formula is C29H20N2O3S. The second-order valence-electron chi connectivity index (χ2n) is 7.93. The third-order valence-corrected chi connectivity index (χ3v) is 6.30. The molecule has 0 saturated carbocycles. The van der Waals surface area contributed by atoms with Gasteiger partial charge < -0.3 is 10.2 Å². The topological polar surface area (TPSA) is 75.3 Å². The molecule has 0 radical (unpaired) electrons. The quantitative estimate of drug-likeness (QED) is 0.257. The number of rotatable bonds is 3. The fourth-order valence-corrected chi connectivity index (χ4v) is 4.37. The Balaban J connectivity index is 1.65. The smallest absolute Gasteiger partial charge is 0.266 e. The highest BCUT2D eigenvalue weighted by molar-refractivity contribution is 7.10. The van der Waals surface area contributed by atoms with Gasteiger partial charge in [-0.25, -0.2) is 4.98 Å². The van der Waals surface area contributed by atoms with Crippen LogP contribution in [0.2, 0.25) is 0 Å². The molecule has 2 heterocycles. The van der Waals surface area contributed by atoms with Crippen LogP contribution in [0.25, 0.3) is 28.7 Å². The fourth-order valence-electron chi connectivity index (χ4n) is 3.80. The highest BCUT2D eigenvalue weighted by Crippen LogP contribution is 2.25. The predicted octanol–water partition coefficient (Wildman–Crippen LogP) is 5.74. The van der Waals surface area contributed by atoms with E-state index >= 15 is 0 Å². The summed E-state index contributed by atoms with van der Waals surface area (Å²) in [5.41, 5.74) is 3.20. The number of aryl methyl sites for hydroxylation is 1. The zero-order valence-corrected chi connectivity index (χ0v) is 19.6. The summed E-state index contributed by atoms with van der Waals surface area (Å²) in [6.07, 6.45) is 3.28. The Bertz CT molecular complexity index is 1700. The van der Waals surface area contributed by atoms with Crippen LogP contribution in [0.4, 0.5) is 0 Å². The predicted molar refractivity (Wildman–Crippen MR) is 141 cm³/mol. The maximum absolute atomic E-state index is 13.6. The highest BCUT2D eigenvalue weighted by Gasteiger charge is 2.13. The molecule has 5 aromatic rings. The monoisotopic (exact) mass is 476 g/mol. The van der Waals surface area contributed by atoms with Crippen molar-refractivity contribution in [3.63, 3.8) is 0 Å². The standard InChI is InChI=1S/C29H20N2O3S/c1-19-17-20(8-12-23-5-4-16-35-23)9-13-26(19)31-28(15-10-21-18-22(32)11-14-27(21)33)30-25-7-3-2-6-24(25)29(31)34/h2-7,9-11,13-18,32-33H,1H3. The van der Waals surface area contributed by atoms with Gasteiger partial charge in [-0.3, -0.25) is 9.36 Å². The minimum absolute atomic E-state index is 0.0126. The highest BCUT2D eigenvalue weighted by atomic mass is 32.1. The Kier molecular flexibility index (Phi) is 5.92. The van der Waals surface area contributed by atoms with Crippen molar-refractivity contribution in [2.45, 2.75) is 6.92 Å². The number of thiophene rings is 1. The van der Waals surface area contributed by atoms with Crippen molar-refractivity contribution < 1.29 is 10.2 Å². The van der Waals surface area contributed by atoms with Crippen molar-refractivity contribution in [1.29, 1.82) is 0 Å². The van der Waals surface area contributed by atoms with Crippen LogP contribution in [0.3, 0.4) is 0 Å². The van der Waals surface area contributed by atoms with Crippen molar-refractivity contribution in [1.82, 2.24) is 9.55 Å². The van der Waals surface area contributed by atoms with Gasteiger partial charge in [0.15, 0.2) is 0 Å². The molecule has 2 aromatic heterocycles. The van der Waals surface area contributed by atoms with Gasteiger partial charge in [0.1, 0.15) is 17.3 Å². The minimum atomic E-state index is -0.198. The number of phenols is 2. The summed E-state index contributed by atoms with van der Waals surface area (Å²) in [4.78, 5) is 19.3. The van der Waals surface area contributed by atoms with Crippen LogP contribution in [0.5, 0.6) is 11.5 Å². The Morgan fingerprint density at radius 1 is 0.943 bits per heavy atom. The van der Waals surface area contributed by atoms with E-state index in [-0.39, 0.29) is 17.1 Å². The first-order chi connectivity index (χ1) is 17.0. The molecule has 5 rings (SSSR count). The zero-order valence-electron chi connectivity index (χ0n) is 18.8. The summed E-state index contributed by atoms with van der Waals surface area (Å²) < 4.78 is 1.56. The number of benzene rings is 3. The molecule has 6 heteroatoms. The van der Waals surface area contributed by atoms with Gasteiger partial charge in [-0.2, -0.15) is 0 Å². The molecule has 0 bridgehead atoms. The summed E-state index contributed by atoms with van der Waals surface area (Å²) in [5, 5.41) is 22.4. The van der Waals surface area contributed by atoms with E-state index in [2.05, 4.69) is 11.8 Å². The molecule has 0 aliphatic rings. The van der Waals surface area contributed by atoms with Crippen LogP contribution in [0.1, 0.15) is 27.4 Å². The maximum Gasteiger partial charge on any atom is 0.266 e. The van der Waals surface area contributed by atoms with Gasteiger partial charge >= 0.3 is 0 Å². The Morgan fingerprint density at radius 3 is 2.60 bits per heavy atom. The van der Waals surface area contributed by atoms with Gasteiger partial charge in [0.25, 0.3) is 5.56 Å². The molecule has 35 heavy (non-hydrogen) atoms. The van der Waals surface area contributed by atoms with E-state index in [4.69, 9.17) is 4.98 Å². The molecule has 0 aliphatic heterocycles. The number of phenolic OH excluding ortho intramolecular Hbond substituents is 2. The molecule has 0 fully saturated rings. The number of fused-ring (bicyclic) bond motifs is 1. The molecule has 5 nitrogen and oxygen atoms in total. The second kappa shape index (κ2) is 9.34. The normalized spacial score (nSPS) is 11.0. The van der Waals surface area contributed by atoms with Gasteiger partial charge in [0, 0.05) is 11.1 Å². The van der Waals surface area contributed by atoms with E-state index in [1.165, 1.54) is 18.2 Å². The molecule has 2 N–H and O–H groups in total. The Morgan fingerprint density at radius 2 is 1.80 bits per heavy atom. The Labute approximate surface area is 205 Å². The van der Waals surface area contributed by atoms with Crippen LogP contribution in [0.15, 0.2) is 83.0 Å². The molecule has 170 valence electrons. The van der Waals surface area contributed by atoms with Crippen molar-refractivity contribution >= 4 is 34.4 Å². The van der Waals surface area contributed by atoms with Gasteiger partial charge in [-0.05, 0) is 84.6 Å². The number of hydrogen-bond acceptors (Lipinski definition) is 5. The number of aromatic nitrogens is 2. The van der Waals surface area contributed by atoms with E-state index in [9.17, 15) is 15.0 Å². The number of aromatic hydroxyl groups is 2. The van der Waals surface area contributed by atoms with Crippen molar-refractivity contribution in [3.8, 4) is 29.0 Å². The van der Waals surface area contributed by atoms with E-state index in [0.29, 0.717) is 28.0 Å². The van der Waals surface area contributed by atoms with Gasteiger partial charge in [-0.15, -0.1) is 11.3 Å². The van der Waals surface area contributed by atoms with Gasteiger partial charge in [-0.1, -0.05) is 30.0 Å². The third-order valence-electron chi connectivity index (χ3n) is 5.51. The summed E-state index contributed by atoms with van der Waals surface area (Å²) in [5.74, 6) is 6.77. The van der Waals surface area contributed by atoms with E-state index in [1.807, 2.05) is 54.8 Å². The van der Waals surface area contributed by atoms with Crippen LogP contribution < -0.4 is 5.56 Å². The average molecular weight is 477 g/mol. The van der Waals surface area contributed by atoms with Gasteiger partial charge in [0.2, 0.25) is 0 Å². The summed E-state index contributed by atoms with van der Waals surface area (Å²) in [7, 11) is 0. The zero-order chi connectivity index (χ0) is 24.4. The van der Waals surface area contributed by atoms with Crippen LogP contribution >= 0.6 is 11.3 Å². The van der Waals surface area contributed by atoms with Crippen molar-refractivity contribution in [2.75, 3.05) is 0 Å². The first kappa shape index (κ1) is 22.2. The third kappa shape index (κ3) is 4.58. The Hall–Kier alpha value is -4.60. The van der Waals surface area contributed by atoms with Crippen molar-refractivity contribution in [2.24, 2.45) is 0 Å². The lowest BCUT2D eigenvalue weighted by molar-refractivity contribution is 0.459. The van der Waals surface area contributed by atoms with Crippen molar-refractivity contribution in [3.05, 3.63) is 116 Å². The van der Waals surface area contributed by atoms with Gasteiger partial charge in [0.05, 0.1) is 21.5 Å². The summed E-state index contributed by atoms with van der Waals surface area (Å²) >= 11 is 1.59. The lowest BCUT2D eigenvalue weighted by Gasteiger charge is -2.14. The largest absolute Gasteiger partial charge is 0.508 e. The molecule has 0 amide bonds. The SMILES string of the molecule is Cc1cc(C#Cc2cccs2)ccc1-n1c(C=Cc2cc(O)ccc2O)nc2ccccc2c1=O. The first-order valence-electron chi connectivity index (χ1n) is 10.9. The molecule has 0 saturated heterocycles. The lowest BCUT2D eigenvalue weighted by Crippen LogP contribution is -2.23. The fraction of sp³-hybridized carbons (Fsp3) is 0.0345. The number of para-hydroxylation sites is 1. The molecule has 3 aromatic carbocycles. The lowest BCUT2D eigenvalue weighted by atomic mass is 10.1. The molecule has 0 spiro atoms. The minimum Gasteiger partial charge on any atom is -0.508 e. The van der Waals surface area contributed by atoms with E-state index in [1.54, 1.807) is 40.2 Å². The maximum atomic E-state index is 13.6. The number of nitrogens with zero attached hydrogens (tertiary/aromatic N) is 2. The van der Waals surface area contributed by atoms with Crippen LogP contribution in [-0.4, -0.2) is 19.8 Å². The van der Waals surface area contributed by atoms with E-state index < -0.39 is 0 Å². The molecule has 0 aliphatic carbocycles. The van der Waals surface area contributed by atoms with Crippen LogP contribution in [0, 0.1) is 18.8 Å². The summed E-state index contributed by atoms with van der Waals surface area (Å²) in [6.45, 7) is 1.93. The molecular weight excluding hydrogens is 456 g/mol. The first-order valence-corrected chi connectivity index (χ1v) is 11.8. The summed E-state index contributed by atoms with van der Waals surface area (Å²) in [6, 6.07) is 21.1. The molecule has 0 atom stereocenters. The second-order valence-corrected chi connectivity index (χ2v) is 8.88. The van der Waals surface area contributed by atoms with Crippen LogP contribution in [-0.2, 0) is 0 Å². The molecule has 0 unspecified atom stereocenters. The number of hydrogen-bond donors (Lipinski definition) is 2.